The van der Waals surface area contributed by atoms with Crippen LogP contribution in [0.3, 0.4) is 0 Å². The zero-order chi connectivity index (χ0) is 26.2. The van der Waals surface area contributed by atoms with Crippen molar-refractivity contribution in [3.05, 3.63) is 44.5 Å². The van der Waals surface area contributed by atoms with Crippen LogP contribution in [0.2, 0.25) is 0 Å². The Kier molecular flexibility index (Phi) is 5.44. The monoisotopic (exact) mass is 509 g/mol. The van der Waals surface area contributed by atoms with Gasteiger partial charge in [0.05, 0.1) is 15.3 Å². The number of oxime groups is 1. The van der Waals surface area contributed by atoms with E-state index in [-0.39, 0.29) is 22.3 Å². The van der Waals surface area contributed by atoms with Gasteiger partial charge in [0.25, 0.3) is 11.8 Å². The molecule has 0 unspecified atom stereocenters. The first-order chi connectivity index (χ1) is 17.0. The number of anilines is 1. The number of amides is 2. The molecule has 0 saturated carbocycles. The molecule has 33 heavy (non-hydrogen) atoms. The van der Waals surface area contributed by atoms with E-state index in [9.17, 15) is 19.5 Å². The molecule has 4 rings (SSSR count). The highest BCUT2D eigenvalue weighted by molar-refractivity contribution is 8.00. The number of carbonyl (C=O) groups is 3. The Hall–Kier alpha value is -3.23. The Bertz CT molecular complexity index is 1320. The molecule has 0 radical (unpaired) electrons. The van der Waals surface area contributed by atoms with Gasteiger partial charge in [-0.25, -0.2) is 14.8 Å². The van der Waals surface area contributed by atoms with Gasteiger partial charge >= 0.3 is 5.97 Å². The van der Waals surface area contributed by atoms with E-state index in [1.165, 1.54) is 28.5 Å². The van der Waals surface area contributed by atoms with Crippen LogP contribution in [0.15, 0.2) is 33.4 Å². The van der Waals surface area contributed by atoms with Crippen molar-refractivity contribution in [2.75, 3.05) is 18.5 Å². The average molecular weight is 510 g/mol. The van der Waals surface area contributed by atoms with Crippen LogP contribution in [0.4, 0.5) is 5.13 Å². The number of nitrogens with zero attached hydrogens (tertiary/aromatic N) is 4. The molecule has 0 spiro atoms. The number of β-lactam (4-membered cyclic amide) rings is 1. The van der Waals surface area contributed by atoms with Gasteiger partial charge in [-0.05, 0) is 18.6 Å². The van der Waals surface area contributed by atoms with Crippen LogP contribution in [0.1, 0.15) is 20.4 Å². The van der Waals surface area contributed by atoms with Crippen LogP contribution in [0, 0.1) is 6.92 Å². The van der Waals surface area contributed by atoms with E-state index in [4.69, 9.17) is 9.85 Å². The first-order valence-electron chi connectivity index (χ1n) is 10.7. The molecule has 1 fully saturated rings. The molecule has 4 N–H and O–H groups in total. The minimum Gasteiger partial charge on any atom is -0.477 e. The van der Waals surface area contributed by atoms with Crippen molar-refractivity contribution in [2.45, 2.75) is 18.3 Å². The summed E-state index contributed by atoms with van der Waals surface area (Å²) >= 11 is 3.68. The average Bonchev–Trinajstić information content (AvgIpc) is 3.42. The quantitative estimate of drug-likeness (QED) is 0.284. The van der Waals surface area contributed by atoms with Gasteiger partial charge in [0.15, 0.2) is 10.8 Å². The number of nitrogen functional groups attached to an aromatic ring is 1. The van der Waals surface area contributed by atoms with E-state index in [0.717, 1.165) is 26.8 Å². The van der Waals surface area contributed by atoms with Crippen molar-refractivity contribution >= 4 is 69.1 Å². The molecule has 2 aliphatic rings. The normalized spacial score (nSPS) is 22.3. The number of nitrogens with two attached hydrogens (primary N) is 1. The number of fused-ring (bicyclic) bond motifs is 1. The van der Waals surface area contributed by atoms with E-state index >= 15 is 0 Å². The number of aryl methyl sites for hydroxylation is 1. The van der Waals surface area contributed by atoms with Gasteiger partial charge in [-0.1, -0.05) is 11.2 Å². The number of hydrogen-bond donors (Lipinski definition) is 3. The number of aliphatic carboxylic acids is 1. The van der Waals surface area contributed by atoms with E-state index < -0.39 is 41.9 Å². The fraction of sp³-hybridized carbons (Fsp3) is 0.263. The molecule has 1 saturated heterocycles. The van der Waals surface area contributed by atoms with Crippen LogP contribution >= 0.6 is 34.4 Å². The fourth-order valence-electron chi connectivity index (χ4n) is 3.27. The van der Waals surface area contributed by atoms with Crippen LogP contribution in [-0.4, -0.2) is 67.7 Å². The van der Waals surface area contributed by atoms with Gasteiger partial charge in [-0.15, -0.1) is 34.4 Å². The van der Waals surface area contributed by atoms with Crippen molar-refractivity contribution < 1.29 is 28.4 Å². The third-order valence-electron chi connectivity index (χ3n) is 4.82. The lowest BCUT2D eigenvalue weighted by molar-refractivity contribution is -0.150. The van der Waals surface area contributed by atoms with Crippen LogP contribution < -0.4 is 11.1 Å². The van der Waals surface area contributed by atoms with E-state index in [2.05, 4.69) is 25.3 Å². The molecule has 2 aromatic rings. The Labute approximate surface area is 204 Å². The third-order valence-corrected chi connectivity index (χ3v) is 7.69. The van der Waals surface area contributed by atoms with E-state index in [1.54, 1.807) is 17.7 Å². The number of rotatable bonds is 7. The molecule has 2 aromatic heterocycles. The molecule has 11 nitrogen and oxygen atoms in total. The highest BCUT2D eigenvalue weighted by Gasteiger charge is 2.54. The van der Waals surface area contributed by atoms with Crippen LogP contribution in [0.5, 0.6) is 0 Å². The summed E-state index contributed by atoms with van der Waals surface area (Å²) in [5.74, 6) is -2.55. The Morgan fingerprint density at radius 1 is 1.45 bits per heavy atom. The summed E-state index contributed by atoms with van der Waals surface area (Å²) in [7, 11) is -2.92. The largest absolute Gasteiger partial charge is 0.477 e. The third kappa shape index (κ3) is 4.36. The number of allylic oxidation sites excluding steroid dienone is 1. The molecule has 4 heterocycles. The molecule has 2 aliphatic heterocycles. The second kappa shape index (κ2) is 9.33. The van der Waals surface area contributed by atoms with E-state index in [1.807, 2.05) is 6.92 Å². The lowest BCUT2D eigenvalue weighted by Crippen LogP contribution is -2.71. The first-order valence-corrected chi connectivity index (χ1v) is 12.0. The maximum absolute atomic E-state index is 12.9. The summed E-state index contributed by atoms with van der Waals surface area (Å²) in [6.45, 7) is 1.83. The van der Waals surface area contributed by atoms with Crippen LogP contribution in [0.25, 0.3) is 6.08 Å². The fourth-order valence-corrected chi connectivity index (χ4v) is 5.84. The number of hydrogen-bond acceptors (Lipinski definition) is 11. The highest BCUT2D eigenvalue weighted by Crippen LogP contribution is 2.41. The zero-order valence-electron chi connectivity index (χ0n) is 19.8. The number of carboxylic acid groups (broad SMARTS) is 1. The molecule has 2 atom stereocenters. The number of carbonyl (C=O) groups excluding carboxylic acids is 2. The molecular formula is C19H18N6O5S3. The van der Waals surface area contributed by atoms with Crippen LogP contribution in [-0.2, 0) is 19.2 Å². The van der Waals surface area contributed by atoms with Gasteiger partial charge in [-0.3, -0.25) is 14.5 Å². The predicted molar refractivity (Wildman–Crippen MR) is 126 cm³/mol. The maximum atomic E-state index is 12.9. The second-order valence-corrected chi connectivity index (χ2v) is 9.66. The molecule has 14 heteroatoms. The number of carboxylic acids is 1. The van der Waals surface area contributed by atoms with Gasteiger partial charge in [0.2, 0.25) is 0 Å². The molecule has 0 aliphatic carbocycles. The SMILES string of the molecule is [2H]C([2H])([2H])O/N=C(/C(=O)N[C@@H]1C(=O)N2C(C(=O)O)=C(/C=C\c3scnc3C)CS[C@H]12)c1csc(N)n1. The number of nitrogens with one attached hydrogen (secondary N) is 1. The van der Waals surface area contributed by atoms with Gasteiger partial charge < -0.3 is 21.0 Å². The highest BCUT2D eigenvalue weighted by atomic mass is 32.2. The van der Waals surface area contributed by atoms with Crippen molar-refractivity contribution in [2.24, 2.45) is 5.16 Å². The Morgan fingerprint density at radius 3 is 2.91 bits per heavy atom. The standard InChI is InChI=1S/C19H18N6O5S3/c1-8-11(33-7-21-8)4-3-9-5-31-17-13(16(27)25(17)14(9)18(28)29)23-15(26)12(24-30-2)10-6-32-19(20)22-10/h3-4,6-7,13,17H,5H2,1-2H3,(H2,20,22)(H,23,26)(H,28,29)/b4-3-,24-12+/t13-,17-/m1/s1/i2D3. The molecule has 0 bridgehead atoms. The Morgan fingerprint density at radius 2 is 2.27 bits per heavy atom. The summed E-state index contributed by atoms with van der Waals surface area (Å²) in [5, 5.41) is 16.5. The second-order valence-electron chi connectivity index (χ2n) is 6.78. The molecule has 0 aromatic carbocycles. The topological polar surface area (TPSA) is 160 Å². The molecule has 2 amide bonds. The van der Waals surface area contributed by atoms with Gasteiger partial charge in [0, 0.05) is 16.0 Å². The smallest absolute Gasteiger partial charge is 0.352 e. The molecule has 172 valence electrons. The zero-order valence-corrected chi connectivity index (χ0v) is 19.3. The first kappa shape index (κ1) is 19.3. The van der Waals surface area contributed by atoms with Crippen molar-refractivity contribution in [1.29, 1.82) is 0 Å². The summed E-state index contributed by atoms with van der Waals surface area (Å²) in [4.78, 5) is 52.4. The lowest BCUT2D eigenvalue weighted by atomic mass is 10.0. The minimum atomic E-state index is -2.92. The summed E-state index contributed by atoms with van der Waals surface area (Å²) < 4.78 is 21.4. The molecular weight excluding hydrogens is 488 g/mol. The van der Waals surface area contributed by atoms with Gasteiger partial charge in [0.1, 0.15) is 29.8 Å². The number of thioether (sulfide) groups is 1. The van der Waals surface area contributed by atoms with Crippen molar-refractivity contribution in [3.8, 4) is 0 Å². The summed E-state index contributed by atoms with van der Waals surface area (Å²) in [6, 6.07) is -1.07. The Balaban J connectivity index is 1.55. The van der Waals surface area contributed by atoms with Crippen molar-refractivity contribution in [1.82, 2.24) is 20.2 Å². The number of aromatic nitrogens is 2. The lowest BCUT2D eigenvalue weighted by Gasteiger charge is -2.49. The summed E-state index contributed by atoms with van der Waals surface area (Å²) in [5.41, 5.74) is 7.85. The maximum Gasteiger partial charge on any atom is 0.352 e. The minimum absolute atomic E-state index is 0.0314. The summed E-state index contributed by atoms with van der Waals surface area (Å²) in [6.07, 6.45) is 3.40. The number of thiazole rings is 2. The predicted octanol–water partition coefficient (Wildman–Crippen LogP) is 1.29. The van der Waals surface area contributed by atoms with Gasteiger partial charge in [-0.2, -0.15) is 0 Å². The van der Waals surface area contributed by atoms with Crippen molar-refractivity contribution in [3.63, 3.8) is 0 Å². The van der Waals surface area contributed by atoms with E-state index in [0.29, 0.717) is 5.57 Å².